The SMILES string of the molecule is O[C@H]1[C@H](NC2CCOCC2)[C@H]2CO[C@H](O2)[C@@H]1n1cnc2ccccc21. The average Bonchev–Trinajstić information content (AvgIpc) is 3.26. The van der Waals surface area contributed by atoms with Gasteiger partial charge in [0.05, 0.1) is 36.1 Å². The van der Waals surface area contributed by atoms with Gasteiger partial charge in [-0.2, -0.15) is 0 Å². The van der Waals surface area contributed by atoms with Gasteiger partial charge in [-0.25, -0.2) is 4.98 Å². The van der Waals surface area contributed by atoms with Crippen LogP contribution in [0, 0.1) is 0 Å². The van der Waals surface area contributed by atoms with Crippen molar-refractivity contribution in [2.24, 2.45) is 0 Å². The molecule has 1 aromatic carbocycles. The highest BCUT2D eigenvalue weighted by molar-refractivity contribution is 5.75. The number of hydrogen-bond acceptors (Lipinski definition) is 6. The molecule has 0 amide bonds. The zero-order valence-corrected chi connectivity index (χ0v) is 14.0. The van der Waals surface area contributed by atoms with Crippen LogP contribution in [0.4, 0.5) is 0 Å². The molecular weight excluding hydrogens is 322 g/mol. The van der Waals surface area contributed by atoms with E-state index >= 15 is 0 Å². The van der Waals surface area contributed by atoms with Crippen molar-refractivity contribution in [3.63, 3.8) is 0 Å². The second kappa shape index (κ2) is 6.34. The van der Waals surface area contributed by atoms with Gasteiger partial charge in [0.25, 0.3) is 0 Å². The molecule has 2 N–H and O–H groups in total. The molecule has 0 aliphatic carbocycles. The largest absolute Gasteiger partial charge is 0.389 e. The lowest BCUT2D eigenvalue weighted by Gasteiger charge is -2.41. The van der Waals surface area contributed by atoms with Crippen LogP contribution in [0.3, 0.4) is 0 Å². The predicted molar refractivity (Wildman–Crippen MR) is 90.2 cm³/mol. The second-order valence-electron chi connectivity index (χ2n) is 7.08. The molecule has 3 saturated heterocycles. The van der Waals surface area contributed by atoms with Crippen LogP contribution in [-0.4, -0.2) is 65.1 Å². The molecule has 5 atom stereocenters. The number of fused-ring (bicyclic) bond motifs is 3. The van der Waals surface area contributed by atoms with Crippen LogP contribution in [0.2, 0.25) is 0 Å². The monoisotopic (exact) mass is 345 g/mol. The molecule has 0 spiro atoms. The van der Waals surface area contributed by atoms with E-state index < -0.39 is 12.4 Å². The summed E-state index contributed by atoms with van der Waals surface area (Å²) in [6.45, 7) is 2.03. The van der Waals surface area contributed by atoms with E-state index in [-0.39, 0.29) is 18.2 Å². The summed E-state index contributed by atoms with van der Waals surface area (Å²) >= 11 is 0. The van der Waals surface area contributed by atoms with E-state index in [4.69, 9.17) is 14.2 Å². The summed E-state index contributed by atoms with van der Waals surface area (Å²) in [6, 6.07) is 7.79. The number of aliphatic hydroxyl groups is 1. The zero-order chi connectivity index (χ0) is 16.8. The number of hydrogen-bond donors (Lipinski definition) is 2. The highest BCUT2D eigenvalue weighted by Gasteiger charge is 2.51. The van der Waals surface area contributed by atoms with Crippen molar-refractivity contribution in [1.82, 2.24) is 14.9 Å². The summed E-state index contributed by atoms with van der Waals surface area (Å²) in [5.41, 5.74) is 1.89. The lowest BCUT2D eigenvalue weighted by atomic mass is 9.94. The minimum atomic E-state index is -0.605. The third kappa shape index (κ3) is 2.67. The third-order valence-electron chi connectivity index (χ3n) is 5.58. The van der Waals surface area contributed by atoms with Gasteiger partial charge in [-0.15, -0.1) is 0 Å². The number of benzene rings is 1. The summed E-state index contributed by atoms with van der Waals surface area (Å²) in [5.74, 6) is 0. The molecule has 0 radical (unpaired) electrons. The first kappa shape index (κ1) is 15.7. The van der Waals surface area contributed by atoms with E-state index in [9.17, 15) is 5.11 Å². The van der Waals surface area contributed by atoms with E-state index in [1.807, 2.05) is 28.8 Å². The van der Waals surface area contributed by atoms with Gasteiger partial charge in [0, 0.05) is 19.3 Å². The summed E-state index contributed by atoms with van der Waals surface area (Å²) in [4.78, 5) is 4.46. The lowest BCUT2D eigenvalue weighted by Crippen LogP contribution is -2.60. The van der Waals surface area contributed by atoms with Crippen LogP contribution in [0.5, 0.6) is 0 Å². The molecule has 2 aromatic rings. The van der Waals surface area contributed by atoms with E-state index in [1.165, 1.54) is 0 Å². The van der Waals surface area contributed by atoms with Gasteiger partial charge in [-0.1, -0.05) is 12.1 Å². The number of rotatable bonds is 3. The van der Waals surface area contributed by atoms with E-state index in [2.05, 4.69) is 10.3 Å². The first-order chi connectivity index (χ1) is 12.3. The van der Waals surface area contributed by atoms with Gasteiger partial charge < -0.3 is 29.2 Å². The second-order valence-corrected chi connectivity index (χ2v) is 7.08. The van der Waals surface area contributed by atoms with Crippen molar-refractivity contribution in [3.8, 4) is 0 Å². The Balaban J connectivity index is 1.45. The Morgan fingerprint density at radius 2 is 2.04 bits per heavy atom. The third-order valence-corrected chi connectivity index (χ3v) is 5.58. The van der Waals surface area contributed by atoms with Crippen molar-refractivity contribution in [2.75, 3.05) is 19.8 Å². The fourth-order valence-corrected chi connectivity index (χ4v) is 4.26. The minimum Gasteiger partial charge on any atom is -0.389 e. The van der Waals surface area contributed by atoms with Crippen molar-refractivity contribution in [1.29, 1.82) is 0 Å². The molecule has 5 rings (SSSR count). The molecule has 3 aliphatic rings. The first-order valence-electron chi connectivity index (χ1n) is 9.02. The summed E-state index contributed by atoms with van der Waals surface area (Å²) < 4.78 is 19.4. The van der Waals surface area contributed by atoms with Crippen LogP contribution >= 0.6 is 0 Å². The number of aromatic nitrogens is 2. The normalized spacial score (nSPS) is 36.1. The Bertz CT molecular complexity index is 745. The maximum atomic E-state index is 11.2. The fraction of sp³-hybridized carbons (Fsp3) is 0.611. The number of nitrogens with zero attached hydrogens (tertiary/aromatic N) is 2. The smallest absolute Gasteiger partial charge is 0.181 e. The van der Waals surface area contributed by atoms with Crippen LogP contribution in [0.1, 0.15) is 18.9 Å². The number of ether oxygens (including phenoxy) is 3. The quantitative estimate of drug-likeness (QED) is 0.858. The molecule has 1 aromatic heterocycles. The van der Waals surface area contributed by atoms with Crippen LogP contribution < -0.4 is 5.32 Å². The van der Waals surface area contributed by atoms with Crippen molar-refractivity contribution in [3.05, 3.63) is 30.6 Å². The molecule has 25 heavy (non-hydrogen) atoms. The number of nitrogens with one attached hydrogen (secondary N) is 1. The Labute approximate surface area is 145 Å². The highest BCUT2D eigenvalue weighted by atomic mass is 16.7. The Kier molecular flexibility index (Phi) is 3.98. The van der Waals surface area contributed by atoms with E-state index in [0.29, 0.717) is 12.6 Å². The maximum absolute atomic E-state index is 11.2. The topological polar surface area (TPSA) is 77.8 Å². The molecule has 3 fully saturated rings. The molecule has 2 bridgehead atoms. The van der Waals surface area contributed by atoms with Gasteiger partial charge in [0.15, 0.2) is 6.29 Å². The van der Waals surface area contributed by atoms with Gasteiger partial charge in [-0.05, 0) is 25.0 Å². The molecule has 134 valence electrons. The highest BCUT2D eigenvalue weighted by Crippen LogP contribution is 2.37. The standard InChI is InChI=1S/C18H23N3O4/c22-17-15(20-11-5-7-23-8-6-11)14-9-24-18(25-14)16(17)21-10-19-12-3-1-2-4-13(12)21/h1-4,10-11,14-18,20,22H,5-9H2/t14-,15-,16-,17+,18-/m1/s1. The molecular formula is C18H23N3O4. The van der Waals surface area contributed by atoms with Gasteiger partial charge >= 0.3 is 0 Å². The van der Waals surface area contributed by atoms with Gasteiger partial charge in [0.1, 0.15) is 12.1 Å². The summed E-state index contributed by atoms with van der Waals surface area (Å²) in [6.07, 6.45) is 2.53. The fourth-order valence-electron chi connectivity index (χ4n) is 4.26. The van der Waals surface area contributed by atoms with Gasteiger partial charge in [-0.3, -0.25) is 0 Å². The Hall–Kier alpha value is -1.51. The first-order valence-corrected chi connectivity index (χ1v) is 9.02. The molecule has 4 heterocycles. The van der Waals surface area contributed by atoms with E-state index in [1.54, 1.807) is 6.33 Å². The minimum absolute atomic E-state index is 0.117. The Morgan fingerprint density at radius 1 is 1.20 bits per heavy atom. The van der Waals surface area contributed by atoms with Gasteiger partial charge in [0.2, 0.25) is 0 Å². The summed E-state index contributed by atoms with van der Waals surface area (Å²) in [7, 11) is 0. The summed E-state index contributed by atoms with van der Waals surface area (Å²) in [5, 5.41) is 14.8. The number of aliphatic hydroxyl groups excluding tert-OH is 1. The predicted octanol–water partition coefficient (Wildman–Crippen LogP) is 0.831. The molecule has 7 nitrogen and oxygen atoms in total. The van der Waals surface area contributed by atoms with Crippen LogP contribution in [-0.2, 0) is 14.2 Å². The molecule has 0 saturated carbocycles. The van der Waals surface area contributed by atoms with Crippen LogP contribution in [0.15, 0.2) is 30.6 Å². The number of imidazole rings is 1. The lowest BCUT2D eigenvalue weighted by molar-refractivity contribution is -0.166. The molecule has 7 heteroatoms. The van der Waals surface area contributed by atoms with Crippen molar-refractivity contribution < 1.29 is 19.3 Å². The van der Waals surface area contributed by atoms with Crippen molar-refractivity contribution in [2.45, 2.75) is 49.5 Å². The Morgan fingerprint density at radius 3 is 2.92 bits per heavy atom. The van der Waals surface area contributed by atoms with E-state index in [0.717, 1.165) is 37.1 Å². The zero-order valence-electron chi connectivity index (χ0n) is 14.0. The maximum Gasteiger partial charge on any atom is 0.181 e. The number of para-hydroxylation sites is 2. The molecule has 3 aliphatic heterocycles. The van der Waals surface area contributed by atoms with Crippen LogP contribution in [0.25, 0.3) is 11.0 Å². The molecule has 0 unspecified atom stereocenters. The average molecular weight is 345 g/mol. The van der Waals surface area contributed by atoms with Crippen molar-refractivity contribution >= 4 is 11.0 Å².